The molecule has 0 aliphatic heterocycles. The van der Waals surface area contributed by atoms with E-state index in [4.69, 9.17) is 23.8 Å². The van der Waals surface area contributed by atoms with E-state index in [-0.39, 0.29) is 0 Å². The number of H-pyrrole nitrogens is 1. The standard InChI is InChI=1S/C13H17ClN2S2/c1-18-9-4-2-3-8-16-11-7-5-6-10(14)12(11)15-13(16)17/h5-7H,2-4,8-9H2,1H3,(H,15,17). The van der Waals surface area contributed by atoms with Crippen LogP contribution in [-0.4, -0.2) is 21.6 Å². The fraction of sp³-hybridized carbons (Fsp3) is 0.462. The third-order valence-corrected chi connectivity index (χ3v) is 4.32. The molecule has 0 aliphatic carbocycles. The molecule has 0 atom stereocenters. The first-order valence-corrected chi connectivity index (χ1v) is 8.28. The van der Waals surface area contributed by atoms with E-state index in [1.54, 1.807) is 0 Å². The van der Waals surface area contributed by atoms with Gasteiger partial charge in [0.2, 0.25) is 0 Å². The number of hydrogen-bond acceptors (Lipinski definition) is 2. The number of aryl methyl sites for hydroxylation is 1. The molecule has 2 nitrogen and oxygen atoms in total. The molecule has 2 rings (SSSR count). The van der Waals surface area contributed by atoms with Gasteiger partial charge in [-0.05, 0) is 49.2 Å². The number of halogens is 1. The lowest BCUT2D eigenvalue weighted by Gasteiger charge is -2.04. The quantitative estimate of drug-likeness (QED) is 0.606. The Morgan fingerprint density at radius 1 is 1.33 bits per heavy atom. The number of nitrogens with zero attached hydrogens (tertiary/aromatic N) is 1. The maximum atomic E-state index is 6.15. The summed E-state index contributed by atoms with van der Waals surface area (Å²) in [5.41, 5.74) is 2.06. The van der Waals surface area contributed by atoms with E-state index < -0.39 is 0 Å². The molecule has 98 valence electrons. The highest BCUT2D eigenvalue weighted by molar-refractivity contribution is 7.98. The van der Waals surface area contributed by atoms with Gasteiger partial charge in [-0.15, -0.1) is 0 Å². The zero-order chi connectivity index (χ0) is 13.0. The number of aromatic amines is 1. The van der Waals surface area contributed by atoms with Crippen molar-refractivity contribution >= 4 is 46.6 Å². The number of para-hydroxylation sites is 1. The molecule has 0 fully saturated rings. The molecule has 0 aliphatic rings. The molecule has 1 N–H and O–H groups in total. The third kappa shape index (κ3) is 3.11. The fourth-order valence-electron chi connectivity index (χ4n) is 2.06. The van der Waals surface area contributed by atoms with Crippen LogP contribution < -0.4 is 0 Å². The Labute approximate surface area is 122 Å². The van der Waals surface area contributed by atoms with Crippen molar-refractivity contribution in [3.05, 3.63) is 28.0 Å². The molecule has 0 spiro atoms. The molecular formula is C13H17ClN2S2. The maximum Gasteiger partial charge on any atom is 0.178 e. The summed E-state index contributed by atoms with van der Waals surface area (Å²) >= 11 is 13.4. The third-order valence-electron chi connectivity index (χ3n) is 2.99. The fourth-order valence-corrected chi connectivity index (χ4v) is 3.06. The average molecular weight is 301 g/mol. The van der Waals surface area contributed by atoms with Gasteiger partial charge in [0.05, 0.1) is 16.1 Å². The van der Waals surface area contributed by atoms with Gasteiger partial charge in [-0.2, -0.15) is 11.8 Å². The Balaban J connectivity index is 2.11. The Hall–Kier alpha value is -0.450. The van der Waals surface area contributed by atoms with Crippen LogP contribution in [0, 0.1) is 4.77 Å². The molecular weight excluding hydrogens is 284 g/mol. The van der Waals surface area contributed by atoms with Crippen LogP contribution in [-0.2, 0) is 6.54 Å². The van der Waals surface area contributed by atoms with E-state index in [1.807, 2.05) is 23.9 Å². The topological polar surface area (TPSA) is 20.7 Å². The van der Waals surface area contributed by atoms with Gasteiger partial charge in [0.25, 0.3) is 0 Å². The summed E-state index contributed by atoms with van der Waals surface area (Å²) in [6.07, 6.45) is 5.83. The first kappa shape index (κ1) is 14.0. The largest absolute Gasteiger partial charge is 0.329 e. The molecule has 1 aromatic heterocycles. The molecule has 1 aromatic carbocycles. The van der Waals surface area contributed by atoms with E-state index in [0.717, 1.165) is 33.8 Å². The number of aromatic nitrogens is 2. The number of unbranched alkanes of at least 4 members (excludes halogenated alkanes) is 2. The zero-order valence-electron chi connectivity index (χ0n) is 10.4. The van der Waals surface area contributed by atoms with Crippen molar-refractivity contribution in [2.24, 2.45) is 0 Å². The number of hydrogen-bond donors (Lipinski definition) is 1. The second-order valence-corrected chi connectivity index (χ2v) is 6.05. The van der Waals surface area contributed by atoms with E-state index in [2.05, 4.69) is 21.9 Å². The molecule has 0 radical (unpaired) electrons. The smallest absolute Gasteiger partial charge is 0.178 e. The van der Waals surface area contributed by atoms with Crippen LogP contribution in [0.5, 0.6) is 0 Å². The van der Waals surface area contributed by atoms with Gasteiger partial charge in [-0.1, -0.05) is 24.1 Å². The number of fused-ring (bicyclic) bond motifs is 1. The van der Waals surface area contributed by atoms with Crippen LogP contribution in [0.25, 0.3) is 11.0 Å². The maximum absolute atomic E-state index is 6.15. The highest BCUT2D eigenvalue weighted by Gasteiger charge is 2.06. The highest BCUT2D eigenvalue weighted by Crippen LogP contribution is 2.23. The lowest BCUT2D eigenvalue weighted by atomic mass is 10.2. The molecule has 1 heterocycles. The van der Waals surface area contributed by atoms with Crippen molar-refractivity contribution in [3.8, 4) is 0 Å². The predicted octanol–water partition coefficient (Wildman–Crippen LogP) is 4.89. The summed E-state index contributed by atoms with van der Waals surface area (Å²) in [4.78, 5) is 3.19. The van der Waals surface area contributed by atoms with Crippen LogP contribution in [0.15, 0.2) is 18.2 Å². The molecule has 0 bridgehead atoms. The van der Waals surface area contributed by atoms with E-state index >= 15 is 0 Å². The minimum absolute atomic E-state index is 0.736. The number of thioether (sulfide) groups is 1. The first-order chi connectivity index (χ1) is 8.74. The Bertz CT molecular complexity index is 574. The first-order valence-electron chi connectivity index (χ1n) is 6.10. The van der Waals surface area contributed by atoms with E-state index in [0.29, 0.717) is 0 Å². The van der Waals surface area contributed by atoms with E-state index in [9.17, 15) is 0 Å². The van der Waals surface area contributed by atoms with Gasteiger partial charge >= 0.3 is 0 Å². The molecule has 2 aromatic rings. The molecule has 0 saturated heterocycles. The number of imidazole rings is 1. The van der Waals surface area contributed by atoms with Gasteiger partial charge < -0.3 is 9.55 Å². The minimum Gasteiger partial charge on any atom is -0.329 e. The predicted molar refractivity (Wildman–Crippen MR) is 84.4 cm³/mol. The monoisotopic (exact) mass is 300 g/mol. The van der Waals surface area contributed by atoms with Gasteiger partial charge in [0.15, 0.2) is 4.77 Å². The summed E-state index contributed by atoms with van der Waals surface area (Å²) in [6.45, 7) is 0.966. The molecule has 0 unspecified atom stereocenters. The summed E-state index contributed by atoms with van der Waals surface area (Å²) in [7, 11) is 0. The van der Waals surface area contributed by atoms with Gasteiger partial charge in [0.1, 0.15) is 0 Å². The zero-order valence-corrected chi connectivity index (χ0v) is 12.8. The van der Waals surface area contributed by atoms with Crippen LogP contribution in [0.2, 0.25) is 5.02 Å². The lowest BCUT2D eigenvalue weighted by Crippen LogP contribution is -1.98. The van der Waals surface area contributed by atoms with Crippen molar-refractivity contribution in [3.63, 3.8) is 0 Å². The van der Waals surface area contributed by atoms with Crippen LogP contribution in [0.4, 0.5) is 0 Å². The Kier molecular flexibility index (Phi) is 5.15. The normalized spacial score (nSPS) is 11.2. The summed E-state index contributed by atoms with van der Waals surface area (Å²) in [5.74, 6) is 1.24. The van der Waals surface area contributed by atoms with Crippen molar-refractivity contribution in [2.45, 2.75) is 25.8 Å². The van der Waals surface area contributed by atoms with Gasteiger partial charge in [-0.3, -0.25) is 0 Å². The average Bonchev–Trinajstić information content (AvgIpc) is 2.68. The number of nitrogens with one attached hydrogen (secondary N) is 1. The Morgan fingerprint density at radius 2 is 2.17 bits per heavy atom. The lowest BCUT2D eigenvalue weighted by molar-refractivity contribution is 0.611. The van der Waals surface area contributed by atoms with Gasteiger partial charge in [-0.25, -0.2) is 0 Å². The summed E-state index contributed by atoms with van der Waals surface area (Å²) in [5, 5.41) is 0.736. The summed E-state index contributed by atoms with van der Waals surface area (Å²) in [6, 6.07) is 5.92. The van der Waals surface area contributed by atoms with E-state index in [1.165, 1.54) is 18.6 Å². The highest BCUT2D eigenvalue weighted by atomic mass is 35.5. The Morgan fingerprint density at radius 3 is 2.94 bits per heavy atom. The van der Waals surface area contributed by atoms with Crippen molar-refractivity contribution in [2.75, 3.05) is 12.0 Å². The summed E-state index contributed by atoms with van der Waals surface area (Å²) < 4.78 is 2.92. The second-order valence-electron chi connectivity index (χ2n) is 4.27. The van der Waals surface area contributed by atoms with Crippen LogP contribution in [0.3, 0.4) is 0 Å². The number of rotatable bonds is 6. The molecule has 0 amide bonds. The van der Waals surface area contributed by atoms with Gasteiger partial charge in [0, 0.05) is 6.54 Å². The van der Waals surface area contributed by atoms with Crippen LogP contribution in [0.1, 0.15) is 19.3 Å². The minimum atomic E-state index is 0.736. The van der Waals surface area contributed by atoms with Crippen molar-refractivity contribution in [1.82, 2.24) is 9.55 Å². The van der Waals surface area contributed by atoms with Crippen molar-refractivity contribution < 1.29 is 0 Å². The molecule has 0 saturated carbocycles. The van der Waals surface area contributed by atoms with Crippen molar-refractivity contribution in [1.29, 1.82) is 0 Å². The second kappa shape index (κ2) is 6.64. The number of benzene rings is 1. The SMILES string of the molecule is CSCCCCCn1c(=S)[nH]c2c(Cl)cccc21. The molecule has 5 heteroatoms. The molecule has 18 heavy (non-hydrogen) atoms. The van der Waals surface area contributed by atoms with Crippen LogP contribution >= 0.6 is 35.6 Å².